The minimum absolute atomic E-state index is 0.231. The van der Waals surface area contributed by atoms with Crippen LogP contribution in [0.2, 0.25) is 0 Å². The molecule has 0 spiro atoms. The maximum Gasteiger partial charge on any atom is 0.141 e. The summed E-state index contributed by atoms with van der Waals surface area (Å²) in [4.78, 5) is 0.789. The van der Waals surface area contributed by atoms with Crippen LogP contribution in [0.25, 0.3) is 0 Å². The Morgan fingerprint density at radius 2 is 1.88 bits per heavy atom. The molecular weight excluding hydrogens is 342 g/mol. The number of halogens is 1. The van der Waals surface area contributed by atoms with E-state index < -0.39 is 15.0 Å². The van der Waals surface area contributed by atoms with Crippen LogP contribution >= 0.6 is 11.6 Å². The molecule has 2 aromatic carbocycles. The van der Waals surface area contributed by atoms with Crippen LogP contribution in [-0.4, -0.2) is 22.1 Å². The molecular formula is C19H22ClNO2S. The van der Waals surface area contributed by atoms with E-state index >= 15 is 0 Å². The third-order valence-electron chi connectivity index (χ3n) is 4.70. The van der Waals surface area contributed by atoms with Crippen LogP contribution in [0.1, 0.15) is 18.9 Å². The predicted octanol–water partition coefficient (Wildman–Crippen LogP) is 4.57. The molecule has 1 aliphatic carbocycles. The smallest absolute Gasteiger partial charge is 0.141 e. The largest absolute Gasteiger partial charge is 0.495 e. The van der Waals surface area contributed by atoms with Crippen molar-refractivity contribution < 1.29 is 8.95 Å². The molecule has 2 aromatic rings. The summed E-state index contributed by atoms with van der Waals surface area (Å²) >= 11 is 6.74. The molecule has 0 amide bonds. The second-order valence-corrected chi connectivity index (χ2v) is 9.18. The summed E-state index contributed by atoms with van der Waals surface area (Å²) in [7, 11) is 0.412. The summed E-state index contributed by atoms with van der Waals surface area (Å²) in [5, 5.41) is 3.39. The number of rotatable bonds is 6. The number of para-hydroxylation sites is 2. The van der Waals surface area contributed by atoms with E-state index in [0.717, 1.165) is 21.9 Å². The average Bonchev–Trinajstić information content (AvgIpc) is 3.16. The van der Waals surface area contributed by atoms with Crippen molar-refractivity contribution in [2.75, 3.05) is 19.0 Å². The second-order valence-electron chi connectivity index (χ2n) is 6.60. The van der Waals surface area contributed by atoms with Gasteiger partial charge in [0.15, 0.2) is 0 Å². The fourth-order valence-corrected chi connectivity index (χ4v) is 5.23. The lowest BCUT2D eigenvalue weighted by Crippen LogP contribution is -2.24. The lowest BCUT2D eigenvalue weighted by molar-refractivity contribution is 0.416. The van der Waals surface area contributed by atoms with Gasteiger partial charge >= 0.3 is 0 Å². The molecule has 0 radical (unpaired) electrons. The highest BCUT2D eigenvalue weighted by atomic mass is 35.5. The van der Waals surface area contributed by atoms with E-state index in [0.29, 0.717) is 13.0 Å². The zero-order valence-corrected chi connectivity index (χ0v) is 15.7. The van der Waals surface area contributed by atoms with E-state index in [1.165, 1.54) is 0 Å². The van der Waals surface area contributed by atoms with E-state index in [4.69, 9.17) is 16.3 Å². The maximum atomic E-state index is 12.9. The van der Waals surface area contributed by atoms with E-state index in [-0.39, 0.29) is 5.41 Å². The van der Waals surface area contributed by atoms with Gasteiger partial charge in [0.1, 0.15) is 9.96 Å². The zero-order valence-electron chi connectivity index (χ0n) is 14.1. The minimum atomic E-state index is -1.24. The van der Waals surface area contributed by atoms with Crippen molar-refractivity contribution in [1.82, 2.24) is 0 Å². The van der Waals surface area contributed by atoms with Gasteiger partial charge in [0, 0.05) is 16.9 Å². The fraction of sp³-hybridized carbons (Fsp3) is 0.368. The number of anilines is 1. The molecule has 3 atom stereocenters. The molecule has 5 heteroatoms. The normalized spacial score (nSPS) is 26.7. The number of methoxy groups -OCH3 is 1. The van der Waals surface area contributed by atoms with Gasteiger partial charge in [-0.15, -0.1) is 11.6 Å². The molecule has 0 bridgehead atoms. The summed E-state index contributed by atoms with van der Waals surface area (Å²) in [6.45, 7) is 4.74. The highest BCUT2D eigenvalue weighted by molar-refractivity contribution is 7.88. The Kier molecular flexibility index (Phi) is 4.63. The average molecular weight is 364 g/mol. The van der Waals surface area contributed by atoms with E-state index in [2.05, 4.69) is 12.2 Å². The molecule has 1 saturated carbocycles. The Bertz CT molecular complexity index is 764. The summed E-state index contributed by atoms with van der Waals surface area (Å²) < 4.78 is 17.5. The van der Waals surface area contributed by atoms with Crippen molar-refractivity contribution in [3.05, 3.63) is 54.1 Å². The van der Waals surface area contributed by atoms with Crippen molar-refractivity contribution in [3.63, 3.8) is 0 Å². The predicted molar refractivity (Wildman–Crippen MR) is 100 cm³/mol. The number of alkyl halides is 1. The van der Waals surface area contributed by atoms with Crippen LogP contribution < -0.4 is 10.1 Å². The Hall–Kier alpha value is -1.52. The third-order valence-corrected chi connectivity index (χ3v) is 7.63. The standard InChI is InChI=1S/C19H22ClNO2S/c1-14-8-10-15(11-9-14)24(22)19(20)12-18(19,2)13-21-16-6-4-5-7-17(16)23-3/h4-11,21H,12-13H2,1-3H3/t18-,19-,24?/m1/s1. The van der Waals surface area contributed by atoms with E-state index in [9.17, 15) is 4.21 Å². The first-order valence-corrected chi connectivity index (χ1v) is 9.47. The van der Waals surface area contributed by atoms with Gasteiger partial charge in [0.05, 0.1) is 23.6 Å². The van der Waals surface area contributed by atoms with Gasteiger partial charge in [-0.3, -0.25) is 4.21 Å². The Labute approximate surface area is 150 Å². The molecule has 24 heavy (non-hydrogen) atoms. The number of ether oxygens (including phenoxy) is 1. The highest BCUT2D eigenvalue weighted by Gasteiger charge is 2.67. The number of aryl methyl sites for hydroxylation is 1. The van der Waals surface area contributed by atoms with E-state index in [1.54, 1.807) is 7.11 Å². The quantitative estimate of drug-likeness (QED) is 0.764. The minimum Gasteiger partial charge on any atom is -0.495 e. The summed E-state index contributed by atoms with van der Waals surface area (Å²) in [5.74, 6) is 0.793. The molecule has 0 saturated heterocycles. The Morgan fingerprint density at radius 1 is 1.21 bits per heavy atom. The molecule has 128 valence electrons. The SMILES string of the molecule is COc1ccccc1NC[C@@]1(C)C[C@@]1(Cl)S(=O)c1ccc(C)cc1. The first-order valence-electron chi connectivity index (χ1n) is 7.94. The van der Waals surface area contributed by atoms with Crippen molar-refractivity contribution in [1.29, 1.82) is 0 Å². The van der Waals surface area contributed by atoms with Gasteiger partial charge < -0.3 is 10.1 Å². The number of benzene rings is 2. The lowest BCUT2D eigenvalue weighted by atomic mass is 10.1. The summed E-state index contributed by atoms with van der Waals surface area (Å²) in [6.07, 6.45) is 0.712. The molecule has 1 aliphatic rings. The van der Waals surface area contributed by atoms with Crippen molar-refractivity contribution in [3.8, 4) is 5.75 Å². The Balaban J connectivity index is 1.71. The third kappa shape index (κ3) is 3.05. The first-order chi connectivity index (χ1) is 11.4. The van der Waals surface area contributed by atoms with Crippen molar-refractivity contribution >= 4 is 28.1 Å². The Morgan fingerprint density at radius 3 is 2.54 bits per heavy atom. The van der Waals surface area contributed by atoms with Crippen LogP contribution in [0, 0.1) is 12.3 Å². The molecule has 1 unspecified atom stereocenters. The van der Waals surface area contributed by atoms with E-state index in [1.807, 2.05) is 55.5 Å². The van der Waals surface area contributed by atoms with Gasteiger partial charge in [-0.25, -0.2) is 0 Å². The first kappa shape index (κ1) is 17.3. The number of nitrogens with one attached hydrogen (secondary N) is 1. The molecule has 0 aromatic heterocycles. The summed E-state index contributed by atoms with van der Waals surface area (Å²) in [6, 6.07) is 15.5. The van der Waals surface area contributed by atoms with Gasteiger partial charge in [-0.2, -0.15) is 0 Å². The van der Waals surface area contributed by atoms with Gasteiger partial charge in [0.25, 0.3) is 0 Å². The van der Waals surface area contributed by atoms with Crippen molar-refractivity contribution in [2.45, 2.75) is 29.4 Å². The van der Waals surface area contributed by atoms with Crippen molar-refractivity contribution in [2.24, 2.45) is 5.41 Å². The zero-order chi connectivity index (χ0) is 17.4. The van der Waals surface area contributed by atoms with Crippen LogP contribution in [0.4, 0.5) is 5.69 Å². The highest BCUT2D eigenvalue weighted by Crippen LogP contribution is 2.64. The van der Waals surface area contributed by atoms with Gasteiger partial charge in [-0.1, -0.05) is 36.8 Å². The fourth-order valence-electron chi connectivity index (χ4n) is 2.87. The molecule has 3 rings (SSSR count). The van der Waals surface area contributed by atoms with Crippen LogP contribution in [0.5, 0.6) is 5.75 Å². The molecule has 0 aliphatic heterocycles. The molecule has 0 heterocycles. The topological polar surface area (TPSA) is 38.3 Å². The van der Waals surface area contributed by atoms with Gasteiger partial charge in [-0.05, 0) is 37.6 Å². The summed E-state index contributed by atoms with van der Waals surface area (Å²) in [5.41, 5.74) is 1.84. The van der Waals surface area contributed by atoms with Crippen LogP contribution in [0.15, 0.2) is 53.4 Å². The lowest BCUT2D eigenvalue weighted by Gasteiger charge is -2.19. The molecule has 1 fully saturated rings. The van der Waals surface area contributed by atoms with Crippen LogP contribution in [-0.2, 0) is 10.8 Å². The number of hydrogen-bond donors (Lipinski definition) is 1. The van der Waals surface area contributed by atoms with Gasteiger partial charge in [0.2, 0.25) is 0 Å². The number of hydrogen-bond acceptors (Lipinski definition) is 3. The molecule has 3 nitrogen and oxygen atoms in total. The maximum absolute atomic E-state index is 12.9. The molecule has 1 N–H and O–H groups in total. The monoisotopic (exact) mass is 363 g/mol. The second kappa shape index (κ2) is 6.41. The van der Waals surface area contributed by atoms with Crippen LogP contribution in [0.3, 0.4) is 0 Å².